The number of Topliss-reactive ketones (excluding diaryl/α,β-unsaturated/α-hetero) is 1. The Balaban J connectivity index is 2.32. The number of carbonyl (C=O) groups excluding carboxylic acids is 1. The van der Waals surface area contributed by atoms with Crippen LogP contribution in [0, 0.1) is 21.0 Å². The molecule has 0 radical (unpaired) electrons. The van der Waals surface area contributed by atoms with Crippen LogP contribution in [0.3, 0.4) is 0 Å². The molecule has 0 atom stereocenters. The number of hydrogen-bond donors (Lipinski definition) is 2. The molecule has 2 aromatic carbocycles. The predicted octanol–water partition coefficient (Wildman–Crippen LogP) is 2.81. The van der Waals surface area contributed by atoms with Crippen LogP contribution in [-0.4, -0.2) is 35.5 Å². The van der Waals surface area contributed by atoms with Gasteiger partial charge in [0.2, 0.25) is 0 Å². The van der Waals surface area contributed by atoms with Crippen LogP contribution in [0.1, 0.15) is 21.5 Å². The van der Waals surface area contributed by atoms with E-state index in [-0.39, 0.29) is 23.1 Å². The Kier molecular flexibility index (Phi) is 6.94. The van der Waals surface area contributed by atoms with Crippen LogP contribution >= 0.6 is 22.6 Å². The molecule has 0 aromatic heterocycles. The van der Waals surface area contributed by atoms with Gasteiger partial charge in [-0.15, -0.1) is 0 Å². The third-order valence-corrected chi connectivity index (χ3v) is 4.05. The molecule has 8 heteroatoms. The molecule has 0 spiro atoms. The second-order valence-corrected chi connectivity index (χ2v) is 6.46. The maximum Gasteiger partial charge on any atom is 0.188 e. The zero-order valence-electron chi connectivity index (χ0n) is 12.8. The van der Waals surface area contributed by atoms with Gasteiger partial charge in [-0.3, -0.25) is 4.79 Å². The molecule has 0 aliphatic rings. The standard InChI is InChI=1S/C17H14F3IO4/c18-13-4-3-11(15(22)7-25-8-16(23)24)12(17(13)20)5-9-1-2-10(21)6-14(9)19/h1-4,6,16,23-24H,5,7-8H2. The summed E-state index contributed by atoms with van der Waals surface area (Å²) in [4.78, 5) is 12.2. The summed E-state index contributed by atoms with van der Waals surface area (Å²) in [6.45, 7) is -1.05. The first kappa shape index (κ1) is 19.8. The normalized spacial score (nSPS) is 11.2. The van der Waals surface area contributed by atoms with Crippen LogP contribution in [0.15, 0.2) is 30.3 Å². The molecule has 0 amide bonds. The Labute approximate surface area is 155 Å². The number of hydrogen-bond acceptors (Lipinski definition) is 4. The smallest absolute Gasteiger partial charge is 0.188 e. The molecule has 0 saturated carbocycles. The van der Waals surface area contributed by atoms with Gasteiger partial charge in [-0.25, -0.2) is 13.2 Å². The Hall–Kier alpha value is -1.49. The van der Waals surface area contributed by atoms with Gasteiger partial charge in [0.25, 0.3) is 0 Å². The molecule has 25 heavy (non-hydrogen) atoms. The van der Waals surface area contributed by atoms with Gasteiger partial charge in [0, 0.05) is 21.1 Å². The largest absolute Gasteiger partial charge is 0.368 e. The van der Waals surface area contributed by atoms with Crippen LogP contribution < -0.4 is 0 Å². The number of ketones is 1. The van der Waals surface area contributed by atoms with Gasteiger partial charge >= 0.3 is 0 Å². The lowest BCUT2D eigenvalue weighted by Crippen LogP contribution is -2.19. The second kappa shape index (κ2) is 8.75. The molecule has 0 unspecified atom stereocenters. The zero-order chi connectivity index (χ0) is 18.6. The van der Waals surface area contributed by atoms with Gasteiger partial charge in [-0.2, -0.15) is 0 Å². The highest BCUT2D eigenvalue weighted by atomic mass is 127. The predicted molar refractivity (Wildman–Crippen MR) is 91.7 cm³/mol. The van der Waals surface area contributed by atoms with Gasteiger partial charge in [0.1, 0.15) is 12.4 Å². The van der Waals surface area contributed by atoms with E-state index in [0.717, 1.165) is 12.1 Å². The van der Waals surface area contributed by atoms with E-state index >= 15 is 0 Å². The molecule has 2 N–H and O–H groups in total. The van der Waals surface area contributed by atoms with Gasteiger partial charge in [-0.1, -0.05) is 6.07 Å². The van der Waals surface area contributed by atoms with Crippen LogP contribution in [0.4, 0.5) is 13.2 Å². The Morgan fingerprint density at radius 1 is 1.12 bits per heavy atom. The second-order valence-electron chi connectivity index (χ2n) is 5.22. The van der Waals surface area contributed by atoms with Gasteiger partial charge < -0.3 is 14.9 Å². The molecular weight excluding hydrogens is 452 g/mol. The monoisotopic (exact) mass is 466 g/mol. The van der Waals surface area contributed by atoms with Gasteiger partial charge in [0.05, 0.1) is 6.61 Å². The molecule has 2 aromatic rings. The minimum atomic E-state index is -1.75. The highest BCUT2D eigenvalue weighted by molar-refractivity contribution is 14.1. The third kappa shape index (κ3) is 5.24. The van der Waals surface area contributed by atoms with E-state index in [2.05, 4.69) is 0 Å². The van der Waals surface area contributed by atoms with Crippen LogP contribution in [-0.2, 0) is 11.2 Å². The molecule has 0 aliphatic heterocycles. The number of benzene rings is 2. The van der Waals surface area contributed by atoms with Crippen molar-refractivity contribution in [2.75, 3.05) is 13.2 Å². The summed E-state index contributed by atoms with van der Waals surface area (Å²) in [5.74, 6) is -3.65. The lowest BCUT2D eigenvalue weighted by atomic mass is 9.96. The number of ether oxygens (including phenoxy) is 1. The maximum absolute atomic E-state index is 14.2. The summed E-state index contributed by atoms with van der Waals surface area (Å²) < 4.78 is 47.2. The minimum Gasteiger partial charge on any atom is -0.368 e. The number of aliphatic hydroxyl groups is 2. The van der Waals surface area contributed by atoms with Crippen molar-refractivity contribution < 1.29 is 32.9 Å². The Morgan fingerprint density at radius 2 is 1.84 bits per heavy atom. The quantitative estimate of drug-likeness (QED) is 0.375. The number of aliphatic hydroxyl groups excluding tert-OH is 1. The SMILES string of the molecule is O=C(COCC(O)O)c1ccc(F)c(F)c1Cc1ccc(I)cc1F. The van der Waals surface area contributed by atoms with E-state index in [0.29, 0.717) is 3.57 Å². The first-order valence-corrected chi connectivity index (χ1v) is 8.25. The lowest BCUT2D eigenvalue weighted by Gasteiger charge is -2.12. The highest BCUT2D eigenvalue weighted by Crippen LogP contribution is 2.23. The Morgan fingerprint density at radius 3 is 2.48 bits per heavy atom. The fraction of sp³-hybridized carbons (Fsp3) is 0.235. The molecule has 0 fully saturated rings. The summed E-state index contributed by atoms with van der Waals surface area (Å²) >= 11 is 1.92. The van der Waals surface area contributed by atoms with E-state index < -0.39 is 42.7 Å². The van der Waals surface area contributed by atoms with Crippen molar-refractivity contribution in [3.05, 3.63) is 68.0 Å². The van der Waals surface area contributed by atoms with Crippen molar-refractivity contribution in [3.63, 3.8) is 0 Å². The van der Waals surface area contributed by atoms with Crippen molar-refractivity contribution in [1.82, 2.24) is 0 Å². The number of halogens is 4. The number of rotatable bonds is 7. The van der Waals surface area contributed by atoms with Crippen molar-refractivity contribution >= 4 is 28.4 Å². The maximum atomic E-state index is 14.2. The molecule has 4 nitrogen and oxygen atoms in total. The molecule has 0 saturated heterocycles. The molecule has 0 heterocycles. The van der Waals surface area contributed by atoms with Crippen molar-refractivity contribution in [2.45, 2.75) is 12.7 Å². The molecular formula is C17H14F3IO4. The van der Waals surface area contributed by atoms with Crippen LogP contribution in [0.25, 0.3) is 0 Å². The minimum absolute atomic E-state index is 0.116. The molecule has 0 aliphatic carbocycles. The van der Waals surface area contributed by atoms with Crippen LogP contribution in [0.2, 0.25) is 0 Å². The Bertz CT molecular complexity index is 781. The fourth-order valence-corrected chi connectivity index (χ4v) is 2.67. The molecule has 134 valence electrons. The van der Waals surface area contributed by atoms with E-state index in [1.165, 1.54) is 12.1 Å². The summed E-state index contributed by atoms with van der Waals surface area (Å²) in [5.41, 5.74) is -0.312. The van der Waals surface area contributed by atoms with Crippen LogP contribution in [0.5, 0.6) is 0 Å². The first-order valence-electron chi connectivity index (χ1n) is 7.17. The molecule has 2 rings (SSSR count). The summed E-state index contributed by atoms with van der Waals surface area (Å²) in [7, 11) is 0. The lowest BCUT2D eigenvalue weighted by molar-refractivity contribution is -0.0908. The third-order valence-electron chi connectivity index (χ3n) is 3.38. The topological polar surface area (TPSA) is 66.8 Å². The van der Waals surface area contributed by atoms with Gasteiger partial charge in [-0.05, 0) is 52.4 Å². The fourth-order valence-electron chi connectivity index (χ4n) is 2.22. The summed E-state index contributed by atoms with van der Waals surface area (Å²) in [6.07, 6.45) is -2.06. The van der Waals surface area contributed by atoms with E-state index in [4.69, 9.17) is 14.9 Å². The number of carbonyl (C=O) groups is 1. The van der Waals surface area contributed by atoms with Crippen molar-refractivity contribution in [2.24, 2.45) is 0 Å². The molecule has 0 bridgehead atoms. The average Bonchev–Trinajstić information content (AvgIpc) is 2.53. The summed E-state index contributed by atoms with van der Waals surface area (Å²) in [6, 6.07) is 6.20. The highest BCUT2D eigenvalue weighted by Gasteiger charge is 2.20. The summed E-state index contributed by atoms with van der Waals surface area (Å²) in [5, 5.41) is 17.4. The van der Waals surface area contributed by atoms with Gasteiger partial charge in [0.15, 0.2) is 23.7 Å². The average molecular weight is 466 g/mol. The zero-order valence-corrected chi connectivity index (χ0v) is 15.0. The van der Waals surface area contributed by atoms with E-state index in [1.807, 2.05) is 22.6 Å². The first-order chi connectivity index (χ1) is 11.8. The van der Waals surface area contributed by atoms with Crippen molar-refractivity contribution in [1.29, 1.82) is 0 Å². The van der Waals surface area contributed by atoms with E-state index in [9.17, 15) is 18.0 Å². The van der Waals surface area contributed by atoms with Crippen molar-refractivity contribution in [3.8, 4) is 0 Å². The van der Waals surface area contributed by atoms with E-state index in [1.54, 1.807) is 6.07 Å².